The number of carbonyl (C=O) groups excluding carboxylic acids is 1. The molecule has 1 fully saturated rings. The Morgan fingerprint density at radius 3 is 2.70 bits per heavy atom. The number of para-hydroxylation sites is 1. The van der Waals surface area contributed by atoms with Gasteiger partial charge in [0.2, 0.25) is 0 Å². The number of fused-ring (bicyclic) bond motifs is 1. The van der Waals surface area contributed by atoms with Gasteiger partial charge in [0.05, 0.1) is 12.6 Å². The highest BCUT2D eigenvalue weighted by molar-refractivity contribution is 5.94. The maximum Gasteiger partial charge on any atom is 0.253 e. The minimum atomic E-state index is -0.257. The van der Waals surface area contributed by atoms with Gasteiger partial charge in [-0.3, -0.25) is 4.79 Å². The molecule has 33 heavy (non-hydrogen) atoms. The Bertz CT molecular complexity index is 995. The normalized spacial score (nSPS) is 19.9. The number of amides is 1. The molecule has 2 aromatic rings. The molecule has 2 aliphatic heterocycles. The molecule has 0 aliphatic carbocycles. The fraction of sp³-hybridized carbons (Fsp3) is 0.481. The quantitative estimate of drug-likeness (QED) is 0.515. The number of benzene rings is 2. The van der Waals surface area contributed by atoms with Crippen molar-refractivity contribution in [2.45, 2.75) is 64.6 Å². The van der Waals surface area contributed by atoms with Gasteiger partial charge < -0.3 is 20.3 Å². The minimum Gasteiger partial charge on any atom is -0.487 e. The third kappa shape index (κ3) is 5.86. The number of carbonyl (C=O) groups is 1. The van der Waals surface area contributed by atoms with Gasteiger partial charge in [0.15, 0.2) is 5.96 Å². The highest BCUT2D eigenvalue weighted by Gasteiger charge is 2.34. The summed E-state index contributed by atoms with van der Waals surface area (Å²) in [7, 11) is 0. The second-order valence-corrected chi connectivity index (χ2v) is 9.55. The average Bonchev–Trinajstić information content (AvgIpc) is 2.82. The van der Waals surface area contributed by atoms with Gasteiger partial charge in [-0.15, -0.1) is 0 Å². The van der Waals surface area contributed by atoms with Crippen LogP contribution in [0.4, 0.5) is 0 Å². The predicted molar refractivity (Wildman–Crippen MR) is 133 cm³/mol. The summed E-state index contributed by atoms with van der Waals surface area (Å²) in [6.07, 6.45) is 4.25. The van der Waals surface area contributed by atoms with Gasteiger partial charge in [-0.25, -0.2) is 4.99 Å². The van der Waals surface area contributed by atoms with Gasteiger partial charge in [-0.1, -0.05) is 30.3 Å². The van der Waals surface area contributed by atoms with Gasteiger partial charge in [0.1, 0.15) is 11.4 Å². The van der Waals surface area contributed by atoms with Gasteiger partial charge in [-0.2, -0.15) is 0 Å². The molecule has 1 amide bonds. The van der Waals surface area contributed by atoms with Gasteiger partial charge >= 0.3 is 0 Å². The standard InChI is InChI=1S/C27H36N4O2/c1-4-28-26(30-23-18-27(2,3)33-24-14-7-6-13-22(23)24)29-19-20-11-10-12-21(17-20)25(32)31-15-8-5-9-16-31/h6-7,10-14,17,23H,4-5,8-9,15-16,18-19H2,1-3H3,(H2,28,29,30). The first-order valence-electron chi connectivity index (χ1n) is 12.2. The Hall–Kier alpha value is -3.02. The summed E-state index contributed by atoms with van der Waals surface area (Å²) in [5.74, 6) is 1.82. The molecule has 2 aliphatic rings. The number of nitrogens with zero attached hydrogens (tertiary/aromatic N) is 2. The topological polar surface area (TPSA) is 66.0 Å². The summed E-state index contributed by atoms with van der Waals surface area (Å²) >= 11 is 0. The number of ether oxygens (including phenoxy) is 1. The van der Waals surface area contributed by atoms with Gasteiger partial charge in [0, 0.05) is 37.2 Å². The lowest BCUT2D eigenvalue weighted by Gasteiger charge is -2.38. The van der Waals surface area contributed by atoms with E-state index < -0.39 is 0 Å². The third-order valence-corrected chi connectivity index (χ3v) is 6.27. The lowest BCUT2D eigenvalue weighted by Crippen LogP contribution is -2.45. The highest BCUT2D eigenvalue weighted by Crippen LogP contribution is 2.39. The molecule has 176 valence electrons. The molecule has 2 N–H and O–H groups in total. The van der Waals surface area contributed by atoms with Crippen LogP contribution in [0.5, 0.6) is 5.75 Å². The van der Waals surface area contributed by atoms with E-state index in [1.165, 1.54) is 6.42 Å². The van der Waals surface area contributed by atoms with E-state index in [1.807, 2.05) is 47.4 Å². The summed E-state index contributed by atoms with van der Waals surface area (Å²) < 4.78 is 6.17. The molecule has 0 saturated carbocycles. The van der Waals surface area contributed by atoms with Gasteiger partial charge in [0.25, 0.3) is 5.91 Å². The first-order valence-corrected chi connectivity index (χ1v) is 12.2. The first-order chi connectivity index (χ1) is 15.9. The van der Waals surface area contributed by atoms with Crippen molar-refractivity contribution < 1.29 is 9.53 Å². The predicted octanol–water partition coefficient (Wildman–Crippen LogP) is 4.67. The number of likely N-dealkylation sites (tertiary alicyclic amines) is 1. The van der Waals surface area contributed by atoms with Crippen LogP contribution in [-0.2, 0) is 6.54 Å². The van der Waals surface area contributed by atoms with Crippen molar-refractivity contribution in [3.8, 4) is 5.75 Å². The van der Waals surface area contributed by atoms with Crippen LogP contribution in [-0.4, -0.2) is 42.0 Å². The van der Waals surface area contributed by atoms with Crippen LogP contribution >= 0.6 is 0 Å². The molecule has 6 heteroatoms. The van der Waals surface area contributed by atoms with E-state index in [1.54, 1.807) is 0 Å². The van der Waals surface area contributed by atoms with Crippen molar-refractivity contribution in [1.29, 1.82) is 0 Å². The molecular weight excluding hydrogens is 412 g/mol. The monoisotopic (exact) mass is 448 g/mol. The zero-order chi connectivity index (χ0) is 23.3. The molecule has 0 bridgehead atoms. The fourth-order valence-electron chi connectivity index (χ4n) is 4.67. The molecule has 0 spiro atoms. The molecule has 1 atom stereocenters. The summed E-state index contributed by atoms with van der Waals surface area (Å²) in [4.78, 5) is 19.7. The van der Waals surface area contributed by atoms with E-state index in [0.717, 1.165) is 67.3 Å². The van der Waals surface area contributed by atoms with E-state index in [-0.39, 0.29) is 17.6 Å². The fourth-order valence-corrected chi connectivity index (χ4v) is 4.67. The maximum atomic E-state index is 12.9. The molecule has 0 aromatic heterocycles. The second kappa shape index (κ2) is 10.3. The molecule has 1 saturated heterocycles. The lowest BCUT2D eigenvalue weighted by atomic mass is 9.90. The van der Waals surface area contributed by atoms with Crippen LogP contribution in [0, 0.1) is 0 Å². The molecule has 6 nitrogen and oxygen atoms in total. The van der Waals surface area contributed by atoms with Crippen LogP contribution in [0.25, 0.3) is 0 Å². The number of guanidine groups is 1. The van der Waals surface area contributed by atoms with Crippen LogP contribution in [0.15, 0.2) is 53.5 Å². The van der Waals surface area contributed by atoms with E-state index in [4.69, 9.17) is 9.73 Å². The zero-order valence-electron chi connectivity index (χ0n) is 20.1. The van der Waals surface area contributed by atoms with Crippen LogP contribution in [0.1, 0.15) is 74.0 Å². The van der Waals surface area contributed by atoms with Crippen molar-refractivity contribution in [3.05, 3.63) is 65.2 Å². The van der Waals surface area contributed by atoms with Crippen molar-refractivity contribution in [3.63, 3.8) is 0 Å². The average molecular weight is 449 g/mol. The van der Waals surface area contributed by atoms with Crippen molar-refractivity contribution in [1.82, 2.24) is 15.5 Å². The van der Waals surface area contributed by atoms with E-state index in [0.29, 0.717) is 6.54 Å². The Balaban J connectivity index is 1.48. The largest absolute Gasteiger partial charge is 0.487 e. The van der Waals surface area contributed by atoms with Crippen LogP contribution in [0.3, 0.4) is 0 Å². The van der Waals surface area contributed by atoms with Crippen molar-refractivity contribution >= 4 is 11.9 Å². The Labute approximate surface area is 197 Å². The van der Waals surface area contributed by atoms with Crippen molar-refractivity contribution in [2.24, 2.45) is 4.99 Å². The van der Waals surface area contributed by atoms with E-state index in [2.05, 4.69) is 37.5 Å². The Kier molecular flexibility index (Phi) is 7.21. The first kappa shape index (κ1) is 23.1. The number of rotatable bonds is 5. The molecular formula is C27H36N4O2. The molecule has 2 heterocycles. The highest BCUT2D eigenvalue weighted by atomic mass is 16.5. The number of nitrogens with one attached hydrogen (secondary N) is 2. The smallest absolute Gasteiger partial charge is 0.253 e. The zero-order valence-corrected chi connectivity index (χ0v) is 20.1. The summed E-state index contributed by atoms with van der Waals surface area (Å²) in [6.45, 7) is 9.30. The third-order valence-electron chi connectivity index (χ3n) is 6.27. The molecule has 4 rings (SSSR count). The molecule has 0 radical (unpaired) electrons. The summed E-state index contributed by atoms with van der Waals surface area (Å²) in [5.41, 5.74) is 2.67. The Morgan fingerprint density at radius 2 is 1.91 bits per heavy atom. The van der Waals surface area contributed by atoms with E-state index >= 15 is 0 Å². The Morgan fingerprint density at radius 1 is 1.12 bits per heavy atom. The number of piperidine rings is 1. The number of hydrogen-bond donors (Lipinski definition) is 2. The molecule has 1 unspecified atom stereocenters. The van der Waals surface area contributed by atoms with Crippen molar-refractivity contribution in [2.75, 3.05) is 19.6 Å². The second-order valence-electron chi connectivity index (χ2n) is 9.55. The van der Waals surface area contributed by atoms with E-state index in [9.17, 15) is 4.79 Å². The van der Waals surface area contributed by atoms with Crippen LogP contribution in [0.2, 0.25) is 0 Å². The SMILES string of the molecule is CCNC(=NCc1cccc(C(=O)N2CCCCC2)c1)NC1CC(C)(C)Oc2ccccc21. The van der Waals surface area contributed by atoms with Crippen LogP contribution < -0.4 is 15.4 Å². The maximum absolute atomic E-state index is 12.9. The lowest BCUT2D eigenvalue weighted by molar-refractivity contribution is 0.0693. The molecule has 2 aromatic carbocycles. The van der Waals surface area contributed by atoms with Gasteiger partial charge in [-0.05, 0) is 63.8 Å². The summed E-state index contributed by atoms with van der Waals surface area (Å²) in [6, 6.07) is 16.2. The summed E-state index contributed by atoms with van der Waals surface area (Å²) in [5, 5.41) is 6.98. The number of aliphatic imine (C=N–C) groups is 1. The minimum absolute atomic E-state index is 0.106. The number of hydrogen-bond acceptors (Lipinski definition) is 3.